The number of hydrogen-bond donors (Lipinski definition) is 0. The van der Waals surface area contributed by atoms with E-state index in [0.29, 0.717) is 24.8 Å². The molecule has 2 nitrogen and oxygen atoms in total. The molecule has 0 amide bonds. The van der Waals surface area contributed by atoms with E-state index in [1.165, 1.54) is 19.2 Å². The number of Topliss-reactive ketones (excluding diaryl/α,β-unsaturated/α-hetero) is 1. The van der Waals surface area contributed by atoms with Gasteiger partial charge in [-0.1, -0.05) is 0 Å². The van der Waals surface area contributed by atoms with Crippen LogP contribution in [0.3, 0.4) is 0 Å². The molecule has 3 heteroatoms. The second kappa shape index (κ2) is 5.92. The number of carbonyl (C=O) groups is 1. The maximum Gasteiger partial charge on any atom is 0.165 e. The highest BCUT2D eigenvalue weighted by atomic mass is 19.1. The van der Waals surface area contributed by atoms with Crippen LogP contribution in [0.2, 0.25) is 0 Å². The molecule has 0 aliphatic rings. The van der Waals surface area contributed by atoms with Gasteiger partial charge in [0, 0.05) is 18.4 Å². The number of ketones is 1. The van der Waals surface area contributed by atoms with Gasteiger partial charge in [0.2, 0.25) is 0 Å². The molecule has 0 fully saturated rings. The van der Waals surface area contributed by atoms with Crippen molar-refractivity contribution in [3.63, 3.8) is 0 Å². The van der Waals surface area contributed by atoms with Gasteiger partial charge in [-0.2, -0.15) is 0 Å². The van der Waals surface area contributed by atoms with Gasteiger partial charge in [0.1, 0.15) is 0 Å². The van der Waals surface area contributed by atoms with Crippen LogP contribution in [0.15, 0.2) is 18.2 Å². The van der Waals surface area contributed by atoms with Crippen molar-refractivity contribution in [2.75, 3.05) is 7.11 Å². The normalized spacial score (nSPS) is 9.56. The summed E-state index contributed by atoms with van der Waals surface area (Å²) < 4.78 is 18.1. The van der Waals surface area contributed by atoms with Gasteiger partial charge in [-0.25, -0.2) is 4.39 Å². The molecule has 0 radical (unpaired) electrons. The monoisotopic (exact) mass is 220 g/mol. The lowest BCUT2D eigenvalue weighted by Crippen LogP contribution is -2.00. The van der Waals surface area contributed by atoms with Gasteiger partial charge in [0.15, 0.2) is 17.3 Å². The maximum atomic E-state index is 13.3. The van der Waals surface area contributed by atoms with Gasteiger partial charge in [-0.3, -0.25) is 4.79 Å². The summed E-state index contributed by atoms with van der Waals surface area (Å²) in [6.45, 7) is 0. The molecule has 16 heavy (non-hydrogen) atoms. The van der Waals surface area contributed by atoms with Crippen molar-refractivity contribution in [2.45, 2.75) is 19.3 Å². The average molecular weight is 220 g/mol. The van der Waals surface area contributed by atoms with Gasteiger partial charge in [0.05, 0.1) is 7.11 Å². The number of carbonyl (C=O) groups excluding carboxylic acids is 1. The Hall–Kier alpha value is -1.82. The molecule has 1 aromatic rings. The number of benzene rings is 1. The van der Waals surface area contributed by atoms with Crippen molar-refractivity contribution in [3.05, 3.63) is 29.6 Å². The third-order valence-electron chi connectivity index (χ3n) is 2.20. The van der Waals surface area contributed by atoms with Crippen LogP contribution in [0.1, 0.15) is 29.6 Å². The van der Waals surface area contributed by atoms with E-state index in [0.717, 1.165) is 0 Å². The van der Waals surface area contributed by atoms with Gasteiger partial charge in [-0.05, 0) is 24.6 Å². The quantitative estimate of drug-likeness (QED) is 0.433. The van der Waals surface area contributed by atoms with Crippen LogP contribution in [-0.2, 0) is 0 Å². The average Bonchev–Trinajstić information content (AvgIpc) is 2.29. The molecule has 84 valence electrons. The van der Waals surface area contributed by atoms with Crippen LogP contribution in [0.4, 0.5) is 4.39 Å². The van der Waals surface area contributed by atoms with Gasteiger partial charge in [0.25, 0.3) is 0 Å². The molecular weight excluding hydrogens is 207 g/mol. The molecule has 0 aromatic heterocycles. The van der Waals surface area contributed by atoms with Crippen LogP contribution in [0.25, 0.3) is 0 Å². The number of halogens is 1. The molecule has 0 spiro atoms. The summed E-state index contributed by atoms with van der Waals surface area (Å²) >= 11 is 0. The SMILES string of the molecule is C#CCCCC(=O)c1ccc(OC)c(F)c1. The van der Waals surface area contributed by atoms with Crippen molar-refractivity contribution < 1.29 is 13.9 Å². The standard InChI is InChI=1S/C13H13FO2/c1-3-4-5-6-12(15)10-7-8-13(16-2)11(14)9-10/h1,7-9H,4-6H2,2H3. The van der Waals surface area contributed by atoms with Crippen LogP contribution < -0.4 is 4.74 Å². The number of hydrogen-bond acceptors (Lipinski definition) is 2. The van der Waals surface area contributed by atoms with Crippen LogP contribution in [-0.4, -0.2) is 12.9 Å². The van der Waals surface area contributed by atoms with E-state index in [-0.39, 0.29) is 11.5 Å². The Morgan fingerprint density at radius 1 is 1.56 bits per heavy atom. The Bertz CT molecular complexity index is 418. The number of ether oxygens (including phenoxy) is 1. The zero-order valence-corrected chi connectivity index (χ0v) is 9.13. The van der Waals surface area contributed by atoms with Crippen LogP contribution in [0.5, 0.6) is 5.75 Å². The highest BCUT2D eigenvalue weighted by Gasteiger charge is 2.09. The molecule has 0 saturated carbocycles. The lowest BCUT2D eigenvalue weighted by molar-refractivity contribution is 0.0980. The fourth-order valence-corrected chi connectivity index (χ4v) is 1.34. The summed E-state index contributed by atoms with van der Waals surface area (Å²) in [7, 11) is 1.38. The van der Waals surface area contributed by atoms with E-state index in [1.54, 1.807) is 6.07 Å². The largest absolute Gasteiger partial charge is 0.494 e. The summed E-state index contributed by atoms with van der Waals surface area (Å²) in [4.78, 5) is 11.6. The topological polar surface area (TPSA) is 26.3 Å². The minimum atomic E-state index is -0.523. The molecule has 1 aromatic carbocycles. The summed E-state index contributed by atoms with van der Waals surface area (Å²) in [5, 5.41) is 0. The van der Waals surface area contributed by atoms with Crippen molar-refractivity contribution in [2.24, 2.45) is 0 Å². The molecule has 0 unspecified atom stereocenters. The lowest BCUT2D eigenvalue weighted by Gasteiger charge is -2.04. The number of rotatable bonds is 5. The Balaban J connectivity index is 2.70. The predicted molar refractivity (Wildman–Crippen MR) is 60.0 cm³/mol. The van der Waals surface area contributed by atoms with E-state index >= 15 is 0 Å². The Kier molecular flexibility index (Phi) is 4.53. The van der Waals surface area contributed by atoms with Crippen molar-refractivity contribution in [1.29, 1.82) is 0 Å². The van der Waals surface area contributed by atoms with Crippen molar-refractivity contribution in [3.8, 4) is 18.1 Å². The first-order valence-corrected chi connectivity index (χ1v) is 4.99. The Morgan fingerprint density at radius 3 is 2.88 bits per heavy atom. The van der Waals surface area contributed by atoms with Crippen LogP contribution in [0, 0.1) is 18.2 Å². The van der Waals surface area contributed by atoms with Crippen molar-refractivity contribution in [1.82, 2.24) is 0 Å². The fraction of sp³-hybridized carbons (Fsp3) is 0.308. The van der Waals surface area contributed by atoms with E-state index in [4.69, 9.17) is 11.2 Å². The second-order valence-electron chi connectivity index (χ2n) is 3.33. The smallest absolute Gasteiger partial charge is 0.165 e. The van der Waals surface area contributed by atoms with E-state index < -0.39 is 5.82 Å². The summed E-state index contributed by atoms with van der Waals surface area (Å²) in [6.07, 6.45) is 6.61. The van der Waals surface area contributed by atoms with Crippen molar-refractivity contribution >= 4 is 5.78 Å². The van der Waals surface area contributed by atoms with Gasteiger partial charge < -0.3 is 4.74 Å². The zero-order valence-electron chi connectivity index (χ0n) is 9.13. The van der Waals surface area contributed by atoms with E-state index in [1.807, 2.05) is 0 Å². The highest BCUT2D eigenvalue weighted by molar-refractivity contribution is 5.96. The maximum absolute atomic E-state index is 13.3. The summed E-state index contributed by atoms with van der Waals surface area (Å²) in [5.74, 6) is 1.97. The molecule has 0 aliphatic heterocycles. The lowest BCUT2D eigenvalue weighted by atomic mass is 10.1. The summed E-state index contributed by atoms with van der Waals surface area (Å²) in [6, 6.07) is 4.20. The number of methoxy groups -OCH3 is 1. The number of unbranched alkanes of at least 4 members (excludes halogenated alkanes) is 1. The second-order valence-corrected chi connectivity index (χ2v) is 3.33. The van der Waals surface area contributed by atoms with Crippen LogP contribution >= 0.6 is 0 Å². The van der Waals surface area contributed by atoms with E-state index in [2.05, 4.69) is 5.92 Å². The number of terminal acetylenes is 1. The molecular formula is C13H13FO2. The Morgan fingerprint density at radius 2 is 2.31 bits per heavy atom. The Labute approximate surface area is 94.4 Å². The predicted octanol–water partition coefficient (Wildman–Crippen LogP) is 2.82. The molecule has 0 N–H and O–H groups in total. The van der Waals surface area contributed by atoms with Gasteiger partial charge in [-0.15, -0.1) is 12.3 Å². The minimum absolute atomic E-state index is 0.100. The molecule has 0 aliphatic carbocycles. The first-order valence-electron chi connectivity index (χ1n) is 4.99. The molecule has 0 heterocycles. The third-order valence-corrected chi connectivity index (χ3v) is 2.20. The first kappa shape index (κ1) is 12.3. The highest BCUT2D eigenvalue weighted by Crippen LogP contribution is 2.18. The van der Waals surface area contributed by atoms with E-state index in [9.17, 15) is 9.18 Å². The third kappa shape index (κ3) is 3.09. The fourth-order valence-electron chi connectivity index (χ4n) is 1.34. The zero-order chi connectivity index (χ0) is 12.0. The first-order chi connectivity index (χ1) is 7.69. The minimum Gasteiger partial charge on any atom is -0.494 e. The molecule has 1 rings (SSSR count). The van der Waals surface area contributed by atoms with Gasteiger partial charge >= 0.3 is 0 Å². The molecule has 0 bridgehead atoms. The molecule has 0 atom stereocenters. The summed E-state index contributed by atoms with van der Waals surface area (Å²) in [5.41, 5.74) is 0.357. The molecule has 0 saturated heterocycles.